The van der Waals surface area contributed by atoms with Crippen LogP contribution in [0.3, 0.4) is 0 Å². The Labute approximate surface area is 94.9 Å². The summed E-state index contributed by atoms with van der Waals surface area (Å²) in [5, 5.41) is 18.0. The third kappa shape index (κ3) is 1.66. The Bertz CT molecular complexity index is 456. The van der Waals surface area contributed by atoms with E-state index in [0.717, 1.165) is 0 Å². The first-order valence-electron chi connectivity index (χ1n) is 4.64. The minimum Gasteiger partial charge on any atom is -0.478 e. The van der Waals surface area contributed by atoms with Crippen LogP contribution in [0, 0.1) is 0 Å². The van der Waals surface area contributed by atoms with Gasteiger partial charge in [0.2, 0.25) is 0 Å². The number of hydrogen-bond acceptors (Lipinski definition) is 3. The van der Waals surface area contributed by atoms with Crippen molar-refractivity contribution in [2.75, 3.05) is 5.73 Å². The van der Waals surface area contributed by atoms with Crippen LogP contribution in [0.1, 0.15) is 20.7 Å². The normalized spacial score (nSPS) is 10.0. The Kier molecular flexibility index (Phi) is 3.03. The molecule has 5 nitrogen and oxygen atoms in total. The van der Waals surface area contributed by atoms with Gasteiger partial charge in [-0.15, -0.1) is 0 Å². The number of anilines is 1. The molecular weight excluding hydrogens is 207 g/mol. The van der Waals surface area contributed by atoms with Gasteiger partial charge in [-0.25, -0.2) is 9.59 Å². The van der Waals surface area contributed by atoms with E-state index in [-0.39, 0.29) is 16.8 Å². The average Bonchev–Trinajstić information content (AvgIpc) is 2.18. The van der Waals surface area contributed by atoms with Gasteiger partial charge in [0.05, 0.1) is 11.1 Å². The van der Waals surface area contributed by atoms with Crippen molar-refractivity contribution in [2.45, 2.75) is 0 Å². The van der Waals surface area contributed by atoms with Gasteiger partial charge in [0.1, 0.15) is 23.5 Å². The Morgan fingerprint density at radius 3 is 1.69 bits per heavy atom. The number of benzene rings is 1. The van der Waals surface area contributed by atoms with E-state index in [2.05, 4.69) is 0 Å². The molecule has 0 aromatic heterocycles. The first-order chi connectivity index (χ1) is 7.29. The molecule has 0 amide bonds. The summed E-state index contributed by atoms with van der Waals surface area (Å²) >= 11 is 0. The molecule has 0 atom stereocenters. The highest BCUT2D eigenvalue weighted by atomic mass is 16.4. The number of hydrogen-bond donors (Lipinski definition) is 3. The Hall–Kier alpha value is -1.85. The summed E-state index contributed by atoms with van der Waals surface area (Å²) in [6.07, 6.45) is 0. The fraction of sp³-hybridized carbons (Fsp3) is 0. The molecule has 1 aromatic rings. The number of aromatic carboxylic acids is 2. The standard InChI is InChI=1S/C8H10B3NO4/c9-3-1(7(13)14)2(8(15)16)6(12)5(11)4(3)10/h9-12H2,(H,13,14)(H,15,16). The van der Waals surface area contributed by atoms with Crippen LogP contribution in [-0.2, 0) is 0 Å². The summed E-state index contributed by atoms with van der Waals surface area (Å²) < 4.78 is 0. The van der Waals surface area contributed by atoms with Crippen LogP contribution in [-0.4, -0.2) is 45.7 Å². The Morgan fingerprint density at radius 1 is 0.875 bits per heavy atom. The fourth-order valence-electron chi connectivity index (χ4n) is 1.67. The minimum atomic E-state index is -1.32. The summed E-state index contributed by atoms with van der Waals surface area (Å²) in [7, 11) is 4.98. The van der Waals surface area contributed by atoms with Crippen LogP contribution in [0.25, 0.3) is 0 Å². The fourth-order valence-corrected chi connectivity index (χ4v) is 1.67. The molecular formula is C8H10B3NO4. The second-order valence-corrected chi connectivity index (χ2v) is 3.65. The highest BCUT2D eigenvalue weighted by molar-refractivity contribution is 6.60. The van der Waals surface area contributed by atoms with E-state index >= 15 is 0 Å². The maximum absolute atomic E-state index is 11.0. The van der Waals surface area contributed by atoms with Crippen molar-refractivity contribution >= 4 is 57.6 Å². The van der Waals surface area contributed by atoms with Gasteiger partial charge in [-0.05, 0) is 0 Å². The van der Waals surface area contributed by atoms with Crippen LogP contribution in [0.5, 0.6) is 0 Å². The molecule has 8 heteroatoms. The molecule has 1 aromatic carbocycles. The van der Waals surface area contributed by atoms with Crippen molar-refractivity contribution in [1.82, 2.24) is 0 Å². The molecule has 0 aliphatic rings. The zero-order valence-electron chi connectivity index (χ0n) is 9.29. The van der Waals surface area contributed by atoms with Gasteiger partial charge in [0.15, 0.2) is 0 Å². The van der Waals surface area contributed by atoms with Crippen LogP contribution in [0.4, 0.5) is 5.69 Å². The van der Waals surface area contributed by atoms with Crippen molar-refractivity contribution in [3.63, 3.8) is 0 Å². The molecule has 16 heavy (non-hydrogen) atoms. The molecule has 0 bridgehead atoms. The number of rotatable bonds is 2. The molecule has 0 saturated heterocycles. The number of carboxylic acid groups (broad SMARTS) is 2. The maximum atomic E-state index is 11.0. The summed E-state index contributed by atoms with van der Waals surface area (Å²) in [5.41, 5.74) is 6.88. The van der Waals surface area contributed by atoms with Crippen molar-refractivity contribution in [1.29, 1.82) is 0 Å². The van der Waals surface area contributed by atoms with Crippen molar-refractivity contribution in [3.8, 4) is 0 Å². The monoisotopic (exact) mass is 217 g/mol. The van der Waals surface area contributed by atoms with E-state index in [0.29, 0.717) is 16.4 Å². The largest absolute Gasteiger partial charge is 0.478 e. The molecule has 0 unspecified atom stereocenters. The summed E-state index contributed by atoms with van der Waals surface area (Å²) in [6, 6.07) is 0. The molecule has 4 N–H and O–H groups in total. The molecule has 0 aliphatic heterocycles. The predicted octanol–water partition coefficient (Wildman–Crippen LogP) is -4.56. The van der Waals surface area contributed by atoms with E-state index in [1.165, 1.54) is 0 Å². The SMILES string of the molecule is Bc1c(B)c(N)c(C(=O)O)c(C(=O)O)c1B. The summed E-state index contributed by atoms with van der Waals surface area (Å²) in [5.74, 6) is -2.59. The lowest BCUT2D eigenvalue weighted by atomic mass is 9.68. The summed E-state index contributed by atoms with van der Waals surface area (Å²) in [4.78, 5) is 22.1. The van der Waals surface area contributed by atoms with Crippen molar-refractivity contribution < 1.29 is 19.8 Å². The predicted molar refractivity (Wildman–Crippen MR) is 69.3 cm³/mol. The molecule has 0 saturated carbocycles. The van der Waals surface area contributed by atoms with Crippen LogP contribution in [0.2, 0.25) is 0 Å². The van der Waals surface area contributed by atoms with E-state index in [1.807, 2.05) is 0 Å². The number of carboxylic acids is 2. The zero-order chi connectivity index (χ0) is 12.6. The maximum Gasteiger partial charge on any atom is 0.338 e. The first-order valence-corrected chi connectivity index (χ1v) is 4.64. The smallest absolute Gasteiger partial charge is 0.338 e. The second kappa shape index (κ2) is 3.96. The van der Waals surface area contributed by atoms with E-state index in [1.54, 1.807) is 23.5 Å². The Morgan fingerprint density at radius 2 is 1.31 bits per heavy atom. The Balaban J connectivity index is 3.83. The molecule has 80 valence electrons. The number of nitrogen functional groups attached to an aromatic ring is 1. The lowest BCUT2D eigenvalue weighted by Crippen LogP contribution is -2.45. The third-order valence-corrected chi connectivity index (χ3v) is 2.85. The van der Waals surface area contributed by atoms with Gasteiger partial charge in [-0.2, -0.15) is 0 Å². The zero-order valence-corrected chi connectivity index (χ0v) is 9.29. The first kappa shape index (κ1) is 12.2. The molecule has 0 spiro atoms. The van der Waals surface area contributed by atoms with E-state index in [4.69, 9.17) is 15.9 Å². The summed E-state index contributed by atoms with van der Waals surface area (Å²) in [6.45, 7) is 0. The van der Waals surface area contributed by atoms with Crippen molar-refractivity contribution in [3.05, 3.63) is 11.1 Å². The van der Waals surface area contributed by atoms with Gasteiger partial charge in [0.25, 0.3) is 0 Å². The van der Waals surface area contributed by atoms with Crippen LogP contribution < -0.4 is 22.1 Å². The molecule has 0 heterocycles. The molecule has 0 radical (unpaired) electrons. The molecule has 0 fully saturated rings. The lowest BCUT2D eigenvalue weighted by molar-refractivity contribution is 0.0653. The van der Waals surface area contributed by atoms with Gasteiger partial charge in [-0.1, -0.05) is 16.4 Å². The minimum absolute atomic E-state index is 0.0213. The highest BCUT2D eigenvalue weighted by Gasteiger charge is 2.24. The topological polar surface area (TPSA) is 101 Å². The molecule has 0 aliphatic carbocycles. The lowest BCUT2D eigenvalue weighted by Gasteiger charge is -2.16. The van der Waals surface area contributed by atoms with Gasteiger partial charge < -0.3 is 15.9 Å². The third-order valence-electron chi connectivity index (χ3n) is 2.85. The number of carbonyl (C=O) groups is 2. The van der Waals surface area contributed by atoms with Crippen molar-refractivity contribution in [2.24, 2.45) is 0 Å². The van der Waals surface area contributed by atoms with Gasteiger partial charge in [-0.3, -0.25) is 0 Å². The number of nitrogens with two attached hydrogens (primary N) is 1. The van der Waals surface area contributed by atoms with Crippen LogP contribution >= 0.6 is 0 Å². The quantitative estimate of drug-likeness (QED) is 0.341. The molecule has 1 rings (SSSR count). The highest BCUT2D eigenvalue weighted by Crippen LogP contribution is 2.12. The average molecular weight is 217 g/mol. The van der Waals surface area contributed by atoms with Crippen LogP contribution in [0.15, 0.2) is 0 Å². The van der Waals surface area contributed by atoms with E-state index in [9.17, 15) is 9.59 Å². The van der Waals surface area contributed by atoms with Gasteiger partial charge in [0, 0.05) is 5.69 Å². The van der Waals surface area contributed by atoms with Gasteiger partial charge >= 0.3 is 11.9 Å². The second-order valence-electron chi connectivity index (χ2n) is 3.65. The van der Waals surface area contributed by atoms with E-state index < -0.39 is 11.9 Å².